The Kier molecular flexibility index (Phi) is 4.39. The first-order chi connectivity index (χ1) is 15.5. The minimum absolute atomic E-state index is 0.168. The summed E-state index contributed by atoms with van der Waals surface area (Å²) in [6, 6.07) is 19.5. The molecule has 3 aliphatic heterocycles. The third kappa shape index (κ3) is 2.76. The molecular weight excluding hydrogens is 490 g/mol. The third-order valence-electron chi connectivity index (χ3n) is 6.41. The summed E-state index contributed by atoms with van der Waals surface area (Å²) in [6.45, 7) is 2.10. The summed E-state index contributed by atoms with van der Waals surface area (Å²) in [7, 11) is 0. The van der Waals surface area contributed by atoms with Gasteiger partial charge >= 0.3 is 5.72 Å². The molecule has 1 N–H and O–H groups in total. The molecule has 3 heterocycles. The Morgan fingerprint density at radius 3 is 2.78 bits per heavy atom. The van der Waals surface area contributed by atoms with Crippen molar-refractivity contribution in [1.29, 1.82) is 0 Å². The summed E-state index contributed by atoms with van der Waals surface area (Å²) in [5, 5.41) is 10.5. The summed E-state index contributed by atoms with van der Waals surface area (Å²) in [5.41, 5.74) is 4.20. The maximum absolute atomic E-state index is 13.5. The monoisotopic (exact) mass is 507 g/mol. The zero-order chi connectivity index (χ0) is 22.0. The number of fused-ring (bicyclic) bond motifs is 6. The van der Waals surface area contributed by atoms with E-state index in [9.17, 15) is 4.79 Å². The fourth-order valence-electron chi connectivity index (χ4n) is 4.80. The Hall–Kier alpha value is -2.83. The molecule has 2 unspecified atom stereocenters. The first kappa shape index (κ1) is 19.8. The molecule has 0 saturated heterocycles. The number of carbonyl (C=O) groups is 1. The van der Waals surface area contributed by atoms with Crippen molar-refractivity contribution in [3.8, 4) is 5.75 Å². The number of amides is 1. The van der Waals surface area contributed by atoms with Crippen LogP contribution < -0.4 is 10.1 Å². The number of benzene rings is 3. The number of halogens is 2. The molecule has 5 nitrogen and oxygen atoms in total. The topological polar surface area (TPSA) is 53.9 Å². The average molecular weight is 509 g/mol. The van der Waals surface area contributed by atoms with Crippen LogP contribution in [0.4, 0.5) is 5.69 Å². The minimum Gasteiger partial charge on any atom is -0.453 e. The molecule has 1 amide bonds. The van der Waals surface area contributed by atoms with E-state index in [4.69, 9.17) is 21.4 Å². The lowest BCUT2D eigenvalue weighted by molar-refractivity contribution is -0.161. The van der Waals surface area contributed by atoms with Crippen molar-refractivity contribution in [3.63, 3.8) is 0 Å². The molecular formula is C25H19BrClN3O2. The zero-order valence-corrected chi connectivity index (χ0v) is 19.6. The van der Waals surface area contributed by atoms with Crippen LogP contribution in [0.2, 0.25) is 5.02 Å². The van der Waals surface area contributed by atoms with E-state index in [1.807, 2.05) is 53.5 Å². The van der Waals surface area contributed by atoms with E-state index in [0.717, 1.165) is 44.5 Å². The van der Waals surface area contributed by atoms with Gasteiger partial charge in [0.2, 0.25) is 0 Å². The molecule has 3 aliphatic rings. The maximum atomic E-state index is 13.5. The molecule has 0 bridgehead atoms. The Morgan fingerprint density at radius 2 is 2.00 bits per heavy atom. The van der Waals surface area contributed by atoms with Crippen LogP contribution in [-0.2, 0) is 16.9 Å². The molecule has 0 saturated carbocycles. The van der Waals surface area contributed by atoms with Crippen LogP contribution in [0.25, 0.3) is 0 Å². The van der Waals surface area contributed by atoms with E-state index < -0.39 is 5.72 Å². The second-order valence-corrected chi connectivity index (χ2v) is 9.59. The number of nitrogens with one attached hydrogen (secondary N) is 1. The minimum atomic E-state index is -1.36. The van der Waals surface area contributed by atoms with Gasteiger partial charge in [0.25, 0.3) is 5.91 Å². The van der Waals surface area contributed by atoms with E-state index in [2.05, 4.69) is 34.2 Å². The van der Waals surface area contributed by atoms with Crippen LogP contribution in [0, 0.1) is 0 Å². The SMILES string of the molecule is CCc1ccc2c(c1)C1(Oc3ccc(Cl)cc3C3CC(c4ccc(Br)cc4)=NN31)C(=O)N2. The quantitative estimate of drug-likeness (QED) is 0.461. The number of hydrazone groups is 1. The first-order valence-electron chi connectivity index (χ1n) is 10.6. The molecule has 3 aromatic rings. The lowest BCUT2D eigenvalue weighted by atomic mass is 9.91. The second kappa shape index (κ2) is 7.09. The zero-order valence-electron chi connectivity index (χ0n) is 17.2. The van der Waals surface area contributed by atoms with Crippen LogP contribution in [0.1, 0.15) is 41.6 Å². The molecule has 32 heavy (non-hydrogen) atoms. The molecule has 160 valence electrons. The molecule has 1 spiro atoms. The van der Waals surface area contributed by atoms with Gasteiger partial charge in [-0.15, -0.1) is 0 Å². The first-order valence-corrected chi connectivity index (χ1v) is 11.7. The fourth-order valence-corrected chi connectivity index (χ4v) is 5.24. The largest absolute Gasteiger partial charge is 0.453 e. The number of hydrogen-bond donors (Lipinski definition) is 1. The van der Waals surface area contributed by atoms with E-state index in [0.29, 0.717) is 17.2 Å². The number of hydrogen-bond acceptors (Lipinski definition) is 4. The summed E-state index contributed by atoms with van der Waals surface area (Å²) in [5.74, 6) is 0.431. The Balaban J connectivity index is 1.57. The van der Waals surface area contributed by atoms with Crippen molar-refractivity contribution in [3.05, 3.63) is 92.4 Å². The van der Waals surface area contributed by atoms with Crippen molar-refractivity contribution in [2.75, 3.05) is 5.32 Å². The van der Waals surface area contributed by atoms with Crippen LogP contribution in [0.5, 0.6) is 5.75 Å². The molecule has 0 radical (unpaired) electrons. The highest BCUT2D eigenvalue weighted by atomic mass is 79.9. The maximum Gasteiger partial charge on any atom is 0.306 e. The fraction of sp³-hybridized carbons (Fsp3) is 0.200. The Bertz CT molecular complexity index is 1310. The molecule has 3 aromatic carbocycles. The van der Waals surface area contributed by atoms with Gasteiger partial charge in [0.05, 0.1) is 23.0 Å². The molecule has 0 aliphatic carbocycles. The van der Waals surface area contributed by atoms with E-state index in [1.54, 1.807) is 6.07 Å². The third-order valence-corrected chi connectivity index (χ3v) is 7.18. The molecule has 0 aromatic heterocycles. The summed E-state index contributed by atoms with van der Waals surface area (Å²) in [4.78, 5) is 13.5. The average Bonchev–Trinajstić information content (AvgIpc) is 3.36. The summed E-state index contributed by atoms with van der Waals surface area (Å²) in [6.07, 6.45) is 1.51. The van der Waals surface area contributed by atoms with Crippen molar-refractivity contribution in [2.45, 2.75) is 31.5 Å². The summed E-state index contributed by atoms with van der Waals surface area (Å²) >= 11 is 9.84. The van der Waals surface area contributed by atoms with Crippen LogP contribution in [-0.4, -0.2) is 16.6 Å². The van der Waals surface area contributed by atoms with Gasteiger partial charge in [0.1, 0.15) is 5.75 Å². The van der Waals surface area contributed by atoms with Gasteiger partial charge in [-0.25, -0.2) is 5.01 Å². The lowest BCUT2D eigenvalue weighted by Crippen LogP contribution is -2.55. The molecule has 6 rings (SSSR count). The van der Waals surface area contributed by atoms with Crippen LogP contribution in [0.3, 0.4) is 0 Å². The molecule has 0 fully saturated rings. The molecule has 2 atom stereocenters. The van der Waals surface area contributed by atoms with Gasteiger partial charge in [0.15, 0.2) is 0 Å². The highest BCUT2D eigenvalue weighted by Crippen LogP contribution is 2.54. The van der Waals surface area contributed by atoms with Crippen LogP contribution >= 0.6 is 27.5 Å². The highest BCUT2D eigenvalue weighted by molar-refractivity contribution is 9.10. The van der Waals surface area contributed by atoms with E-state index in [-0.39, 0.29) is 11.9 Å². The van der Waals surface area contributed by atoms with Gasteiger partial charge in [-0.05, 0) is 60.0 Å². The van der Waals surface area contributed by atoms with E-state index >= 15 is 0 Å². The van der Waals surface area contributed by atoms with Gasteiger partial charge in [-0.3, -0.25) is 4.79 Å². The van der Waals surface area contributed by atoms with Crippen LogP contribution in [0.15, 0.2) is 70.2 Å². The number of aryl methyl sites for hydroxylation is 1. The van der Waals surface area contributed by atoms with E-state index in [1.165, 1.54) is 0 Å². The number of carbonyl (C=O) groups excluding carboxylic acids is 1. The Labute approximate surface area is 199 Å². The second-order valence-electron chi connectivity index (χ2n) is 8.23. The van der Waals surface area contributed by atoms with Gasteiger partial charge in [-0.2, -0.15) is 5.10 Å². The van der Waals surface area contributed by atoms with Crippen molar-refractivity contribution >= 4 is 44.8 Å². The molecule has 7 heteroatoms. The predicted molar refractivity (Wildman–Crippen MR) is 128 cm³/mol. The van der Waals surface area contributed by atoms with Crippen molar-refractivity contribution in [1.82, 2.24) is 5.01 Å². The lowest BCUT2D eigenvalue weighted by Gasteiger charge is -2.44. The smallest absolute Gasteiger partial charge is 0.306 e. The highest BCUT2D eigenvalue weighted by Gasteiger charge is 2.61. The summed E-state index contributed by atoms with van der Waals surface area (Å²) < 4.78 is 7.54. The Morgan fingerprint density at radius 1 is 1.19 bits per heavy atom. The van der Waals surface area contributed by atoms with Gasteiger partial charge in [0, 0.05) is 21.5 Å². The van der Waals surface area contributed by atoms with Gasteiger partial charge < -0.3 is 10.1 Å². The van der Waals surface area contributed by atoms with Gasteiger partial charge in [-0.1, -0.05) is 52.7 Å². The number of anilines is 1. The standard InChI is InChI=1S/C25H19BrClN3O2/c1-2-14-3-9-20-19(11-14)25(24(31)28-20)30-22(18-12-17(27)8-10-23(18)32-25)13-21(29-30)15-4-6-16(26)7-5-15/h3-12,22H,2,13H2,1H3,(H,28,31). The predicted octanol–water partition coefficient (Wildman–Crippen LogP) is 6.01. The van der Waals surface area contributed by atoms with Crippen molar-refractivity contribution in [2.24, 2.45) is 5.10 Å². The number of nitrogens with zero attached hydrogens (tertiary/aromatic N) is 2. The number of rotatable bonds is 2. The van der Waals surface area contributed by atoms with Crippen molar-refractivity contribution < 1.29 is 9.53 Å². The number of ether oxygens (including phenoxy) is 1. The normalized spacial score (nSPS) is 22.7.